The van der Waals surface area contributed by atoms with E-state index in [-0.39, 0.29) is 11.9 Å². The van der Waals surface area contributed by atoms with Gasteiger partial charge in [-0.2, -0.15) is 10.2 Å². The van der Waals surface area contributed by atoms with Gasteiger partial charge >= 0.3 is 0 Å². The summed E-state index contributed by atoms with van der Waals surface area (Å²) in [5, 5.41) is 13.1. The molecule has 1 amide bonds. The zero-order valence-corrected chi connectivity index (χ0v) is 8.21. The van der Waals surface area contributed by atoms with E-state index in [0.717, 1.165) is 0 Å². The molecule has 0 saturated heterocycles. The maximum Gasteiger partial charge on any atom is 0.249 e. The fourth-order valence-electron chi connectivity index (χ4n) is 1.20. The van der Waals surface area contributed by atoms with Gasteiger partial charge in [0.2, 0.25) is 5.91 Å². The first-order valence-electron chi connectivity index (χ1n) is 4.56. The third kappa shape index (κ3) is 2.04. The quantitative estimate of drug-likeness (QED) is 0.778. The number of rotatable bonds is 3. The average molecular weight is 205 g/mol. The third-order valence-electron chi connectivity index (χ3n) is 2.07. The normalized spacial score (nSPS) is 12.3. The van der Waals surface area contributed by atoms with Gasteiger partial charge in [0.05, 0.1) is 11.9 Å². The number of hydrogen-bond donors (Lipinski definition) is 2. The topological polar surface area (TPSA) is 75.6 Å². The first kappa shape index (κ1) is 9.45. The first-order chi connectivity index (χ1) is 7.27. The Hall–Kier alpha value is -2.11. The van der Waals surface area contributed by atoms with Crippen LogP contribution in [0, 0.1) is 0 Å². The van der Waals surface area contributed by atoms with Crippen LogP contribution in [-0.2, 0) is 4.79 Å². The minimum Gasteiger partial charge on any atom is -0.322 e. The van der Waals surface area contributed by atoms with Gasteiger partial charge in [-0.1, -0.05) is 0 Å². The fourth-order valence-corrected chi connectivity index (χ4v) is 1.20. The molecule has 0 bridgehead atoms. The molecular formula is C9H11N5O. The summed E-state index contributed by atoms with van der Waals surface area (Å²) in [6.07, 6.45) is 6.56. The van der Waals surface area contributed by atoms with Crippen molar-refractivity contribution in [3.8, 4) is 0 Å². The van der Waals surface area contributed by atoms with Crippen molar-refractivity contribution in [2.24, 2.45) is 0 Å². The molecule has 2 heterocycles. The second-order valence-electron chi connectivity index (χ2n) is 3.14. The number of carbonyl (C=O) groups excluding carboxylic acids is 1. The molecule has 78 valence electrons. The van der Waals surface area contributed by atoms with Crippen LogP contribution in [0.2, 0.25) is 0 Å². The van der Waals surface area contributed by atoms with Crippen molar-refractivity contribution >= 4 is 11.6 Å². The van der Waals surface area contributed by atoms with Crippen molar-refractivity contribution < 1.29 is 4.79 Å². The first-order valence-corrected chi connectivity index (χ1v) is 4.56. The molecule has 2 aromatic rings. The molecule has 0 aromatic carbocycles. The standard InChI is InChI=1S/C9H11N5O/c1-7(14-4-2-3-12-14)9(15)13-8-5-10-11-6-8/h2-7H,1H3,(H,10,11)(H,13,15). The monoisotopic (exact) mass is 205 g/mol. The number of H-pyrrole nitrogens is 1. The second-order valence-corrected chi connectivity index (χ2v) is 3.14. The highest BCUT2D eigenvalue weighted by Gasteiger charge is 2.14. The lowest BCUT2D eigenvalue weighted by molar-refractivity contribution is -0.119. The van der Waals surface area contributed by atoms with Crippen LogP contribution in [0.1, 0.15) is 13.0 Å². The van der Waals surface area contributed by atoms with Gasteiger partial charge in [0.25, 0.3) is 0 Å². The lowest BCUT2D eigenvalue weighted by atomic mass is 10.3. The van der Waals surface area contributed by atoms with Gasteiger partial charge in [-0.3, -0.25) is 14.6 Å². The van der Waals surface area contributed by atoms with E-state index in [1.54, 1.807) is 42.5 Å². The van der Waals surface area contributed by atoms with Crippen molar-refractivity contribution in [2.45, 2.75) is 13.0 Å². The largest absolute Gasteiger partial charge is 0.322 e. The molecule has 2 N–H and O–H groups in total. The number of nitrogens with zero attached hydrogens (tertiary/aromatic N) is 3. The summed E-state index contributed by atoms with van der Waals surface area (Å²) >= 11 is 0. The molecular weight excluding hydrogens is 194 g/mol. The molecule has 2 aromatic heterocycles. The molecule has 0 aliphatic heterocycles. The summed E-state index contributed by atoms with van der Waals surface area (Å²) in [6, 6.07) is 1.44. The maximum absolute atomic E-state index is 11.7. The van der Waals surface area contributed by atoms with Crippen LogP contribution >= 0.6 is 0 Å². The summed E-state index contributed by atoms with van der Waals surface area (Å²) in [7, 11) is 0. The van der Waals surface area contributed by atoms with Crippen molar-refractivity contribution in [1.29, 1.82) is 0 Å². The highest BCUT2D eigenvalue weighted by atomic mass is 16.2. The average Bonchev–Trinajstić information content (AvgIpc) is 2.88. The number of amides is 1. The summed E-state index contributed by atoms with van der Waals surface area (Å²) < 4.78 is 1.59. The molecule has 1 unspecified atom stereocenters. The molecule has 0 aliphatic rings. The van der Waals surface area contributed by atoms with Crippen LogP contribution in [0.3, 0.4) is 0 Å². The third-order valence-corrected chi connectivity index (χ3v) is 2.07. The van der Waals surface area contributed by atoms with Crippen LogP contribution in [0.5, 0.6) is 0 Å². The molecule has 0 saturated carbocycles. The summed E-state index contributed by atoms with van der Waals surface area (Å²) in [5.74, 6) is -0.125. The Kier molecular flexibility index (Phi) is 2.49. The van der Waals surface area contributed by atoms with E-state index in [9.17, 15) is 4.79 Å². The minimum atomic E-state index is -0.338. The number of carbonyl (C=O) groups is 1. The number of anilines is 1. The summed E-state index contributed by atoms with van der Waals surface area (Å²) in [4.78, 5) is 11.7. The minimum absolute atomic E-state index is 0.125. The van der Waals surface area contributed by atoms with E-state index >= 15 is 0 Å². The van der Waals surface area contributed by atoms with Crippen LogP contribution in [0.15, 0.2) is 30.9 Å². The van der Waals surface area contributed by atoms with E-state index in [4.69, 9.17) is 0 Å². The van der Waals surface area contributed by atoms with Gasteiger partial charge in [0, 0.05) is 18.6 Å². The highest BCUT2D eigenvalue weighted by Crippen LogP contribution is 2.08. The second kappa shape index (κ2) is 3.95. The number of aromatic nitrogens is 4. The molecule has 6 heteroatoms. The summed E-state index contributed by atoms with van der Waals surface area (Å²) in [5.41, 5.74) is 0.652. The predicted octanol–water partition coefficient (Wildman–Crippen LogP) is 0.806. The van der Waals surface area contributed by atoms with E-state index in [2.05, 4.69) is 20.6 Å². The number of nitrogens with one attached hydrogen (secondary N) is 2. The van der Waals surface area contributed by atoms with Gasteiger partial charge in [-0.05, 0) is 13.0 Å². The van der Waals surface area contributed by atoms with Gasteiger partial charge < -0.3 is 5.32 Å². The van der Waals surface area contributed by atoms with Gasteiger partial charge in [-0.15, -0.1) is 0 Å². The van der Waals surface area contributed by atoms with Crippen molar-refractivity contribution in [3.05, 3.63) is 30.9 Å². The van der Waals surface area contributed by atoms with E-state index < -0.39 is 0 Å². The number of aromatic amines is 1. The maximum atomic E-state index is 11.7. The molecule has 1 atom stereocenters. The molecule has 0 aliphatic carbocycles. The molecule has 0 spiro atoms. The van der Waals surface area contributed by atoms with Crippen molar-refractivity contribution in [3.63, 3.8) is 0 Å². The predicted molar refractivity (Wildman–Crippen MR) is 54.2 cm³/mol. The molecule has 0 radical (unpaired) electrons. The van der Waals surface area contributed by atoms with Crippen molar-refractivity contribution in [2.75, 3.05) is 5.32 Å². The SMILES string of the molecule is CC(C(=O)Nc1cn[nH]c1)n1cccn1. The van der Waals surface area contributed by atoms with Gasteiger partial charge in [0.1, 0.15) is 6.04 Å². The summed E-state index contributed by atoms with van der Waals surface area (Å²) in [6.45, 7) is 1.78. The Balaban J connectivity index is 2.03. The molecule has 2 rings (SSSR count). The van der Waals surface area contributed by atoms with E-state index in [0.29, 0.717) is 5.69 Å². The Labute approximate surface area is 86.3 Å². The zero-order chi connectivity index (χ0) is 10.7. The lowest BCUT2D eigenvalue weighted by Gasteiger charge is -2.10. The molecule has 6 nitrogen and oxygen atoms in total. The number of hydrogen-bond acceptors (Lipinski definition) is 3. The van der Waals surface area contributed by atoms with E-state index in [1.807, 2.05) is 0 Å². The van der Waals surface area contributed by atoms with E-state index in [1.165, 1.54) is 0 Å². The van der Waals surface area contributed by atoms with Crippen molar-refractivity contribution in [1.82, 2.24) is 20.0 Å². The zero-order valence-electron chi connectivity index (χ0n) is 8.21. The molecule has 0 fully saturated rings. The molecule has 15 heavy (non-hydrogen) atoms. The highest BCUT2D eigenvalue weighted by molar-refractivity contribution is 5.93. The lowest BCUT2D eigenvalue weighted by Crippen LogP contribution is -2.23. The Morgan fingerprint density at radius 3 is 3.13 bits per heavy atom. The smallest absolute Gasteiger partial charge is 0.249 e. The Morgan fingerprint density at radius 1 is 1.67 bits per heavy atom. The van der Waals surface area contributed by atoms with Crippen LogP contribution in [-0.4, -0.2) is 25.9 Å². The van der Waals surface area contributed by atoms with Crippen LogP contribution < -0.4 is 5.32 Å². The fraction of sp³-hybridized carbons (Fsp3) is 0.222. The Bertz CT molecular complexity index is 419. The van der Waals surface area contributed by atoms with Gasteiger partial charge in [0.15, 0.2) is 0 Å². The van der Waals surface area contributed by atoms with Crippen LogP contribution in [0.25, 0.3) is 0 Å². The van der Waals surface area contributed by atoms with Gasteiger partial charge in [-0.25, -0.2) is 0 Å². The van der Waals surface area contributed by atoms with Crippen LogP contribution in [0.4, 0.5) is 5.69 Å². The Morgan fingerprint density at radius 2 is 2.53 bits per heavy atom.